The first kappa shape index (κ1) is 8.03. The summed E-state index contributed by atoms with van der Waals surface area (Å²) < 4.78 is 0. The fourth-order valence-electron chi connectivity index (χ4n) is 0.462. The van der Waals surface area contributed by atoms with Crippen molar-refractivity contribution in [2.45, 2.75) is 19.8 Å². The highest BCUT2D eigenvalue weighted by molar-refractivity contribution is 5.81. The molecule has 0 unspecified atom stereocenters. The standard InChI is InChI=1S/C7H12N2/c1-3-7(8)5-6-9-4-2/h2,8-9H,3,5-6H2,1H3. The summed E-state index contributed by atoms with van der Waals surface area (Å²) in [5, 5.41) is 9.91. The van der Waals surface area contributed by atoms with Gasteiger partial charge in [-0.25, -0.2) is 0 Å². The molecule has 9 heavy (non-hydrogen) atoms. The Balaban J connectivity index is 3.09. The van der Waals surface area contributed by atoms with E-state index in [1.165, 1.54) is 0 Å². The maximum absolute atomic E-state index is 7.21. The Labute approximate surface area is 56.2 Å². The lowest BCUT2D eigenvalue weighted by Crippen LogP contribution is -2.11. The first-order valence-corrected chi connectivity index (χ1v) is 3.06. The lowest BCUT2D eigenvalue weighted by Gasteiger charge is -1.97. The van der Waals surface area contributed by atoms with Crippen molar-refractivity contribution in [3.63, 3.8) is 0 Å². The zero-order valence-electron chi connectivity index (χ0n) is 5.70. The van der Waals surface area contributed by atoms with E-state index < -0.39 is 0 Å². The molecule has 0 aromatic rings. The zero-order valence-corrected chi connectivity index (χ0v) is 5.70. The molecule has 0 heterocycles. The number of hydrogen-bond donors (Lipinski definition) is 2. The first-order chi connectivity index (χ1) is 4.31. The molecule has 0 aliphatic rings. The van der Waals surface area contributed by atoms with Gasteiger partial charge in [-0.05, 0) is 6.42 Å². The molecule has 0 saturated heterocycles. The largest absolute Gasteiger partial charge is 0.346 e. The van der Waals surface area contributed by atoms with E-state index >= 15 is 0 Å². The monoisotopic (exact) mass is 124 g/mol. The lowest BCUT2D eigenvalue weighted by atomic mass is 10.2. The average molecular weight is 124 g/mol. The minimum atomic E-state index is 0.725. The van der Waals surface area contributed by atoms with E-state index in [0.29, 0.717) is 0 Å². The molecule has 0 radical (unpaired) electrons. The van der Waals surface area contributed by atoms with Gasteiger partial charge in [-0.2, -0.15) is 0 Å². The SMILES string of the molecule is C#CNCCC(=N)CC. The van der Waals surface area contributed by atoms with Crippen LogP contribution in [0, 0.1) is 17.9 Å². The van der Waals surface area contributed by atoms with Crippen molar-refractivity contribution in [2.24, 2.45) is 0 Å². The second kappa shape index (κ2) is 5.17. The smallest absolute Gasteiger partial charge is 0.0281 e. The Hall–Kier alpha value is -0.970. The van der Waals surface area contributed by atoms with E-state index in [-0.39, 0.29) is 0 Å². The number of rotatable bonds is 4. The molecule has 50 valence electrons. The number of terminal acetylenes is 1. The predicted octanol–water partition coefficient (Wildman–Crippen LogP) is 0.987. The quantitative estimate of drug-likeness (QED) is 0.249. The van der Waals surface area contributed by atoms with Crippen molar-refractivity contribution in [1.82, 2.24) is 5.32 Å². The van der Waals surface area contributed by atoms with E-state index in [4.69, 9.17) is 11.8 Å². The van der Waals surface area contributed by atoms with Crippen molar-refractivity contribution in [1.29, 1.82) is 5.41 Å². The fraction of sp³-hybridized carbons (Fsp3) is 0.571. The van der Waals surface area contributed by atoms with Crippen LogP contribution in [0.4, 0.5) is 0 Å². The van der Waals surface area contributed by atoms with E-state index in [0.717, 1.165) is 25.1 Å². The van der Waals surface area contributed by atoms with Crippen molar-refractivity contribution < 1.29 is 0 Å². The van der Waals surface area contributed by atoms with Crippen molar-refractivity contribution in [3.8, 4) is 12.5 Å². The van der Waals surface area contributed by atoms with Crippen LogP contribution in [0.25, 0.3) is 0 Å². The van der Waals surface area contributed by atoms with Crippen molar-refractivity contribution in [2.75, 3.05) is 6.54 Å². The predicted molar refractivity (Wildman–Crippen MR) is 39.5 cm³/mol. The average Bonchev–Trinajstić information content (AvgIpc) is 1.89. The molecule has 0 aliphatic heterocycles. The second-order valence-corrected chi connectivity index (χ2v) is 1.78. The Morgan fingerprint density at radius 2 is 2.44 bits per heavy atom. The Morgan fingerprint density at radius 3 is 2.89 bits per heavy atom. The Kier molecular flexibility index (Phi) is 4.61. The molecule has 0 rings (SSSR count). The summed E-state index contributed by atoms with van der Waals surface area (Å²) in [5.41, 5.74) is 0.748. The Bertz CT molecular complexity index is 121. The van der Waals surface area contributed by atoms with Crippen LogP contribution in [0.5, 0.6) is 0 Å². The number of hydrogen-bond acceptors (Lipinski definition) is 2. The summed E-state index contributed by atoms with van der Waals surface area (Å²) in [6.07, 6.45) is 6.51. The molecule has 0 aliphatic carbocycles. The highest BCUT2D eigenvalue weighted by atomic mass is 14.8. The summed E-state index contributed by atoms with van der Waals surface area (Å²) in [6, 6.07) is 2.30. The molecule has 0 saturated carbocycles. The molecule has 2 N–H and O–H groups in total. The summed E-state index contributed by atoms with van der Waals surface area (Å²) in [6.45, 7) is 2.70. The molecule has 0 aromatic carbocycles. The molecule has 2 nitrogen and oxygen atoms in total. The maximum Gasteiger partial charge on any atom is 0.0281 e. The second-order valence-electron chi connectivity index (χ2n) is 1.78. The van der Waals surface area contributed by atoms with Gasteiger partial charge in [0.05, 0.1) is 0 Å². The lowest BCUT2D eigenvalue weighted by molar-refractivity contribution is 0.883. The third-order valence-electron chi connectivity index (χ3n) is 1.08. The van der Waals surface area contributed by atoms with Gasteiger partial charge in [0.1, 0.15) is 0 Å². The van der Waals surface area contributed by atoms with Gasteiger partial charge < -0.3 is 10.7 Å². The van der Waals surface area contributed by atoms with Gasteiger partial charge in [0.2, 0.25) is 0 Å². The van der Waals surface area contributed by atoms with Crippen LogP contribution >= 0.6 is 0 Å². The highest BCUT2D eigenvalue weighted by Crippen LogP contribution is 1.85. The van der Waals surface area contributed by atoms with Gasteiger partial charge in [-0.3, -0.25) is 0 Å². The van der Waals surface area contributed by atoms with E-state index in [1.807, 2.05) is 6.92 Å². The summed E-state index contributed by atoms with van der Waals surface area (Å²) in [5.74, 6) is 0. The minimum absolute atomic E-state index is 0.725. The minimum Gasteiger partial charge on any atom is -0.346 e. The van der Waals surface area contributed by atoms with Crippen LogP contribution in [0.3, 0.4) is 0 Å². The number of nitrogens with one attached hydrogen (secondary N) is 2. The molecule has 0 aromatic heterocycles. The van der Waals surface area contributed by atoms with Crippen LogP contribution in [0.15, 0.2) is 0 Å². The summed E-state index contributed by atoms with van der Waals surface area (Å²) in [4.78, 5) is 0. The van der Waals surface area contributed by atoms with Gasteiger partial charge in [0.25, 0.3) is 0 Å². The molecule has 2 heteroatoms. The van der Waals surface area contributed by atoms with Crippen LogP contribution < -0.4 is 5.32 Å². The van der Waals surface area contributed by atoms with Gasteiger partial charge >= 0.3 is 0 Å². The van der Waals surface area contributed by atoms with Crippen molar-refractivity contribution in [3.05, 3.63) is 0 Å². The molecule has 0 fully saturated rings. The van der Waals surface area contributed by atoms with Crippen LogP contribution in [0.1, 0.15) is 19.8 Å². The molecule has 0 bridgehead atoms. The van der Waals surface area contributed by atoms with Crippen LogP contribution in [-0.4, -0.2) is 12.3 Å². The normalized spacial score (nSPS) is 8.00. The molecular weight excluding hydrogens is 112 g/mol. The topological polar surface area (TPSA) is 35.9 Å². The third-order valence-corrected chi connectivity index (χ3v) is 1.08. The fourth-order valence-corrected chi connectivity index (χ4v) is 0.462. The molecular formula is C7H12N2. The zero-order chi connectivity index (χ0) is 7.11. The molecule has 0 atom stereocenters. The summed E-state index contributed by atoms with van der Waals surface area (Å²) >= 11 is 0. The van der Waals surface area contributed by atoms with Gasteiger partial charge in [0, 0.05) is 24.7 Å². The molecule has 0 amide bonds. The van der Waals surface area contributed by atoms with E-state index in [9.17, 15) is 0 Å². The first-order valence-electron chi connectivity index (χ1n) is 3.06. The van der Waals surface area contributed by atoms with Crippen LogP contribution in [0.2, 0.25) is 0 Å². The van der Waals surface area contributed by atoms with Crippen LogP contribution in [-0.2, 0) is 0 Å². The van der Waals surface area contributed by atoms with Gasteiger partial charge in [0.15, 0.2) is 0 Å². The maximum atomic E-state index is 7.21. The summed E-state index contributed by atoms with van der Waals surface area (Å²) in [7, 11) is 0. The van der Waals surface area contributed by atoms with Gasteiger partial charge in [-0.15, -0.1) is 0 Å². The van der Waals surface area contributed by atoms with E-state index in [2.05, 4.69) is 11.4 Å². The molecule has 0 spiro atoms. The van der Waals surface area contributed by atoms with Gasteiger partial charge in [-0.1, -0.05) is 13.3 Å². The third kappa shape index (κ3) is 4.89. The highest BCUT2D eigenvalue weighted by Gasteiger charge is 1.89. The van der Waals surface area contributed by atoms with E-state index in [1.54, 1.807) is 0 Å². The Morgan fingerprint density at radius 1 is 1.78 bits per heavy atom. The van der Waals surface area contributed by atoms with Crippen molar-refractivity contribution >= 4 is 5.71 Å².